The van der Waals surface area contributed by atoms with Crippen LogP contribution in [0, 0.1) is 5.82 Å². The highest BCUT2D eigenvalue weighted by molar-refractivity contribution is 5.88. The fourth-order valence-corrected chi connectivity index (χ4v) is 4.47. The topological polar surface area (TPSA) is 58.4 Å². The zero-order valence-electron chi connectivity index (χ0n) is 17.4. The van der Waals surface area contributed by atoms with Gasteiger partial charge < -0.3 is 9.67 Å². The molecule has 1 aliphatic heterocycles. The van der Waals surface area contributed by atoms with Crippen LogP contribution in [0.3, 0.4) is 0 Å². The maximum absolute atomic E-state index is 13.6. The van der Waals surface area contributed by atoms with Crippen molar-refractivity contribution in [1.82, 2.24) is 14.5 Å². The lowest BCUT2D eigenvalue weighted by Crippen LogP contribution is -2.32. The molecule has 3 heterocycles. The lowest BCUT2D eigenvalue weighted by Gasteiger charge is -2.32. The number of aromatic nitrogens is 2. The van der Waals surface area contributed by atoms with E-state index < -0.39 is 11.8 Å². The van der Waals surface area contributed by atoms with Gasteiger partial charge in [0, 0.05) is 30.9 Å². The molecule has 1 fully saturated rings. The first-order valence-corrected chi connectivity index (χ1v) is 10.7. The van der Waals surface area contributed by atoms with Crippen LogP contribution in [0.15, 0.2) is 42.7 Å². The van der Waals surface area contributed by atoms with Crippen molar-refractivity contribution in [1.29, 1.82) is 0 Å². The molecule has 2 aromatic heterocycles. The average molecular weight is 410 g/mol. The van der Waals surface area contributed by atoms with Gasteiger partial charge in [-0.15, -0.1) is 0 Å². The molecule has 3 aromatic rings. The fourth-order valence-electron chi connectivity index (χ4n) is 4.47. The Morgan fingerprint density at radius 3 is 2.80 bits per heavy atom. The number of hydrogen-bond acceptors (Lipinski definition) is 3. The normalized spacial score (nSPS) is 15.7. The van der Waals surface area contributed by atoms with Crippen molar-refractivity contribution in [3.8, 4) is 0 Å². The van der Waals surface area contributed by atoms with Crippen LogP contribution in [-0.4, -0.2) is 38.6 Å². The molecule has 1 aliphatic rings. The average Bonchev–Trinajstić information content (AvgIpc) is 3.13. The number of aryl methyl sites for hydroxylation is 1. The minimum absolute atomic E-state index is 0.255. The molecule has 1 N–H and O–H groups in total. The van der Waals surface area contributed by atoms with E-state index in [1.54, 1.807) is 6.07 Å². The molecule has 0 saturated carbocycles. The summed E-state index contributed by atoms with van der Waals surface area (Å²) in [5.41, 5.74) is 3.06. The SMILES string of the molecule is CCCCn1cc(C2CCN(Cc3ccc(F)c(C(=O)O)c3)CC2)c2cccnc21. The number of nitrogens with zero attached hydrogens (tertiary/aromatic N) is 3. The molecule has 6 heteroatoms. The predicted octanol–water partition coefficient (Wildman–Crippen LogP) is 5.05. The van der Waals surface area contributed by atoms with E-state index in [9.17, 15) is 9.18 Å². The van der Waals surface area contributed by atoms with Gasteiger partial charge in [0.05, 0.1) is 5.56 Å². The zero-order chi connectivity index (χ0) is 21.1. The second-order valence-electron chi connectivity index (χ2n) is 8.18. The Bertz CT molecular complexity index is 1040. The Morgan fingerprint density at radius 1 is 1.27 bits per heavy atom. The molecule has 0 unspecified atom stereocenters. The van der Waals surface area contributed by atoms with E-state index in [-0.39, 0.29) is 5.56 Å². The summed E-state index contributed by atoms with van der Waals surface area (Å²) in [6, 6.07) is 8.58. The van der Waals surface area contributed by atoms with Gasteiger partial charge >= 0.3 is 5.97 Å². The van der Waals surface area contributed by atoms with E-state index in [0.717, 1.165) is 56.5 Å². The van der Waals surface area contributed by atoms with Gasteiger partial charge in [-0.1, -0.05) is 19.4 Å². The number of unbranched alkanes of at least 4 members (excludes halogenated alkanes) is 1. The molecule has 1 saturated heterocycles. The van der Waals surface area contributed by atoms with Crippen LogP contribution >= 0.6 is 0 Å². The summed E-state index contributed by atoms with van der Waals surface area (Å²) >= 11 is 0. The number of rotatable bonds is 7. The molecule has 0 aliphatic carbocycles. The third-order valence-electron chi connectivity index (χ3n) is 6.11. The molecule has 4 rings (SSSR count). The quantitative estimate of drug-likeness (QED) is 0.593. The number of likely N-dealkylation sites (tertiary alicyclic amines) is 1. The van der Waals surface area contributed by atoms with E-state index in [4.69, 9.17) is 5.11 Å². The number of benzene rings is 1. The molecule has 158 valence electrons. The maximum atomic E-state index is 13.6. The number of carboxylic acid groups (broad SMARTS) is 1. The number of aromatic carboxylic acids is 1. The van der Waals surface area contributed by atoms with Gasteiger partial charge in [-0.25, -0.2) is 14.2 Å². The Hall–Kier alpha value is -2.73. The number of carbonyl (C=O) groups is 1. The standard InChI is InChI=1S/C24H28FN3O2/c1-2-3-11-28-16-21(19-5-4-10-26-23(19)28)18-8-12-27(13-9-18)15-17-6-7-22(25)20(14-17)24(29)30/h4-7,10,14,16,18H,2-3,8-9,11-13,15H2,1H3,(H,29,30). The van der Waals surface area contributed by atoms with E-state index in [0.29, 0.717) is 12.5 Å². The number of pyridine rings is 1. The minimum atomic E-state index is -1.22. The summed E-state index contributed by atoms with van der Waals surface area (Å²) in [7, 11) is 0. The molecular formula is C24H28FN3O2. The Balaban J connectivity index is 1.45. The monoisotopic (exact) mass is 409 g/mol. The van der Waals surface area contributed by atoms with Crippen LogP contribution in [0.25, 0.3) is 11.0 Å². The summed E-state index contributed by atoms with van der Waals surface area (Å²) in [6.45, 7) is 5.72. The third-order valence-corrected chi connectivity index (χ3v) is 6.11. The zero-order valence-corrected chi connectivity index (χ0v) is 17.4. The van der Waals surface area contributed by atoms with Gasteiger partial charge in [0.25, 0.3) is 0 Å². The molecule has 0 spiro atoms. The summed E-state index contributed by atoms with van der Waals surface area (Å²) in [5, 5.41) is 10.4. The van der Waals surface area contributed by atoms with Crippen molar-refractivity contribution < 1.29 is 14.3 Å². The summed E-state index contributed by atoms with van der Waals surface area (Å²) < 4.78 is 15.9. The molecule has 0 bridgehead atoms. The highest BCUT2D eigenvalue weighted by Gasteiger charge is 2.24. The van der Waals surface area contributed by atoms with Gasteiger partial charge in [-0.2, -0.15) is 0 Å². The van der Waals surface area contributed by atoms with Crippen molar-refractivity contribution in [2.75, 3.05) is 13.1 Å². The summed E-state index contributed by atoms with van der Waals surface area (Å²) in [6.07, 6.45) is 8.57. The van der Waals surface area contributed by atoms with Gasteiger partial charge in [-0.05, 0) is 73.7 Å². The van der Waals surface area contributed by atoms with Crippen LogP contribution < -0.4 is 0 Å². The molecule has 0 amide bonds. The largest absolute Gasteiger partial charge is 0.478 e. The minimum Gasteiger partial charge on any atom is -0.478 e. The Morgan fingerprint density at radius 2 is 2.07 bits per heavy atom. The highest BCUT2D eigenvalue weighted by Crippen LogP contribution is 2.34. The van der Waals surface area contributed by atoms with Crippen molar-refractivity contribution in [3.05, 3.63) is 65.2 Å². The van der Waals surface area contributed by atoms with Crippen LogP contribution in [0.1, 0.15) is 60.0 Å². The lowest BCUT2D eigenvalue weighted by molar-refractivity contribution is 0.0691. The smallest absolute Gasteiger partial charge is 0.338 e. The maximum Gasteiger partial charge on any atom is 0.338 e. The second kappa shape index (κ2) is 8.96. The van der Waals surface area contributed by atoms with Gasteiger partial charge in [0.2, 0.25) is 0 Å². The lowest BCUT2D eigenvalue weighted by atomic mass is 9.89. The van der Waals surface area contributed by atoms with Crippen molar-refractivity contribution >= 4 is 17.0 Å². The molecule has 0 radical (unpaired) electrons. The van der Waals surface area contributed by atoms with Gasteiger partial charge in [0.15, 0.2) is 0 Å². The molecule has 1 aromatic carbocycles. The molecular weight excluding hydrogens is 381 g/mol. The number of fused-ring (bicyclic) bond motifs is 1. The fraction of sp³-hybridized carbons (Fsp3) is 0.417. The third kappa shape index (κ3) is 4.24. The first-order chi connectivity index (χ1) is 14.6. The number of hydrogen-bond donors (Lipinski definition) is 1. The predicted molar refractivity (Wildman–Crippen MR) is 115 cm³/mol. The van der Waals surface area contributed by atoms with Crippen LogP contribution in [0.5, 0.6) is 0 Å². The first-order valence-electron chi connectivity index (χ1n) is 10.7. The Labute approximate surface area is 176 Å². The summed E-state index contributed by atoms with van der Waals surface area (Å²) in [5.74, 6) is -1.40. The molecule has 0 atom stereocenters. The van der Waals surface area contributed by atoms with E-state index in [1.165, 1.54) is 23.1 Å². The van der Waals surface area contributed by atoms with Crippen LogP contribution in [0.2, 0.25) is 0 Å². The van der Waals surface area contributed by atoms with Crippen LogP contribution in [-0.2, 0) is 13.1 Å². The molecule has 5 nitrogen and oxygen atoms in total. The van der Waals surface area contributed by atoms with Gasteiger partial charge in [-0.3, -0.25) is 4.90 Å². The number of piperidine rings is 1. The van der Waals surface area contributed by atoms with Crippen molar-refractivity contribution in [3.63, 3.8) is 0 Å². The molecule has 30 heavy (non-hydrogen) atoms. The Kier molecular flexibility index (Phi) is 6.13. The summed E-state index contributed by atoms with van der Waals surface area (Å²) in [4.78, 5) is 18.1. The van der Waals surface area contributed by atoms with E-state index in [2.05, 4.69) is 33.6 Å². The first kappa shape index (κ1) is 20.5. The van der Waals surface area contributed by atoms with Crippen molar-refractivity contribution in [2.45, 2.75) is 51.6 Å². The number of carboxylic acids is 1. The second-order valence-corrected chi connectivity index (χ2v) is 8.18. The highest BCUT2D eigenvalue weighted by atomic mass is 19.1. The van der Waals surface area contributed by atoms with E-state index >= 15 is 0 Å². The van der Waals surface area contributed by atoms with Crippen LogP contribution in [0.4, 0.5) is 4.39 Å². The van der Waals surface area contributed by atoms with Crippen molar-refractivity contribution in [2.24, 2.45) is 0 Å². The number of halogens is 1. The van der Waals surface area contributed by atoms with Gasteiger partial charge in [0.1, 0.15) is 11.5 Å². The van der Waals surface area contributed by atoms with E-state index in [1.807, 2.05) is 12.3 Å².